The zero-order chi connectivity index (χ0) is 28.8. The van der Waals surface area contributed by atoms with Gasteiger partial charge in [-0.05, 0) is 54.3 Å². The zero-order valence-electron chi connectivity index (χ0n) is 19.2. The van der Waals surface area contributed by atoms with Crippen molar-refractivity contribution < 1.29 is 57.2 Å². The lowest BCUT2D eigenvalue weighted by atomic mass is 9.92. The van der Waals surface area contributed by atoms with Gasteiger partial charge in [-0.1, -0.05) is 6.07 Å². The van der Waals surface area contributed by atoms with Crippen LogP contribution in [0.2, 0.25) is 0 Å². The van der Waals surface area contributed by atoms with E-state index in [1.807, 2.05) is 0 Å². The molecule has 3 rings (SSSR count). The molecule has 0 spiro atoms. The van der Waals surface area contributed by atoms with Gasteiger partial charge in [-0.2, -0.15) is 13.2 Å². The molecule has 1 aliphatic rings. The van der Waals surface area contributed by atoms with E-state index in [2.05, 4.69) is 5.32 Å². The minimum Gasteiger partial charge on any atom is -0.481 e. The minimum absolute atomic E-state index is 0.0530. The SMILES string of the molecule is N=C(N)c1ccc2c(c1)CCc1c(C(=O)N[C@@H](CC(=O)O)C(=O)O)cccc1C(=O)O2.O=C(O)C(F)(F)F. The number of ether oxygens (including phenoxy) is 1. The van der Waals surface area contributed by atoms with E-state index in [1.165, 1.54) is 18.2 Å². The number of aryl methyl sites for hydroxylation is 1. The molecule has 202 valence electrons. The number of hydrogen-bond donors (Lipinski definition) is 6. The Hall–Kier alpha value is -4.95. The van der Waals surface area contributed by atoms with Crippen LogP contribution in [0.4, 0.5) is 13.2 Å². The number of fused-ring (bicyclic) bond motifs is 2. The third kappa shape index (κ3) is 7.52. The molecule has 12 nitrogen and oxygen atoms in total. The van der Waals surface area contributed by atoms with Gasteiger partial charge in [0.15, 0.2) is 0 Å². The number of carboxylic acid groups (broad SMARTS) is 3. The van der Waals surface area contributed by atoms with Gasteiger partial charge in [0.25, 0.3) is 5.91 Å². The van der Waals surface area contributed by atoms with E-state index >= 15 is 0 Å². The molecule has 0 radical (unpaired) electrons. The van der Waals surface area contributed by atoms with Gasteiger partial charge in [0.2, 0.25) is 0 Å². The molecule has 38 heavy (non-hydrogen) atoms. The van der Waals surface area contributed by atoms with Crippen molar-refractivity contribution >= 4 is 35.6 Å². The quantitative estimate of drug-likeness (QED) is 0.135. The van der Waals surface area contributed by atoms with Crippen molar-refractivity contribution in [2.45, 2.75) is 31.5 Å². The first kappa shape index (κ1) is 29.3. The second-order valence-corrected chi connectivity index (χ2v) is 7.72. The maximum Gasteiger partial charge on any atom is 0.490 e. The van der Waals surface area contributed by atoms with E-state index in [4.69, 9.17) is 30.9 Å². The number of benzene rings is 2. The van der Waals surface area contributed by atoms with Crippen LogP contribution in [0.1, 0.15) is 43.8 Å². The predicted molar refractivity (Wildman–Crippen MR) is 121 cm³/mol. The van der Waals surface area contributed by atoms with Crippen LogP contribution in [0.25, 0.3) is 0 Å². The number of nitrogen functional groups attached to an aromatic ring is 1. The van der Waals surface area contributed by atoms with Crippen LogP contribution >= 0.6 is 0 Å². The maximum absolute atomic E-state index is 12.7. The number of alkyl halides is 3. The molecule has 1 aliphatic heterocycles. The number of esters is 1. The van der Waals surface area contributed by atoms with Gasteiger partial charge >= 0.3 is 30.1 Å². The summed E-state index contributed by atoms with van der Waals surface area (Å²) < 4.78 is 37.2. The molecule has 0 saturated carbocycles. The highest BCUT2D eigenvalue weighted by atomic mass is 19.4. The van der Waals surface area contributed by atoms with Gasteiger partial charge in [0.05, 0.1) is 12.0 Å². The van der Waals surface area contributed by atoms with Crippen molar-refractivity contribution in [2.24, 2.45) is 5.73 Å². The topological polar surface area (TPSA) is 217 Å². The molecule has 15 heteroatoms. The Morgan fingerprint density at radius 2 is 1.71 bits per heavy atom. The Morgan fingerprint density at radius 3 is 2.24 bits per heavy atom. The summed E-state index contributed by atoms with van der Waals surface area (Å²) in [6.07, 6.45) is -5.27. The van der Waals surface area contributed by atoms with Crippen LogP contribution in [0.3, 0.4) is 0 Å². The summed E-state index contributed by atoms with van der Waals surface area (Å²) in [5.74, 6) is -6.94. The summed E-state index contributed by atoms with van der Waals surface area (Å²) in [5.41, 5.74) is 7.16. The van der Waals surface area contributed by atoms with Crippen LogP contribution < -0.4 is 15.8 Å². The summed E-state index contributed by atoms with van der Waals surface area (Å²) in [6.45, 7) is 0. The van der Waals surface area contributed by atoms with E-state index < -0.39 is 48.4 Å². The molecule has 2 aromatic carbocycles. The number of halogens is 3. The summed E-state index contributed by atoms with van der Waals surface area (Å²) in [5, 5.41) is 34.9. The van der Waals surface area contributed by atoms with Crippen molar-refractivity contribution in [3.63, 3.8) is 0 Å². The molecular weight excluding hydrogens is 519 g/mol. The number of aliphatic carboxylic acids is 3. The number of carbonyl (C=O) groups is 5. The van der Waals surface area contributed by atoms with Crippen LogP contribution in [0.15, 0.2) is 36.4 Å². The Labute approximate surface area is 211 Å². The number of nitrogens with two attached hydrogens (primary N) is 1. The first-order valence-corrected chi connectivity index (χ1v) is 10.5. The van der Waals surface area contributed by atoms with E-state index in [-0.39, 0.29) is 23.4 Å². The number of amidine groups is 1. The summed E-state index contributed by atoms with van der Waals surface area (Å²) in [4.78, 5) is 56.5. The number of amides is 1. The average Bonchev–Trinajstić information content (AvgIpc) is 2.80. The highest BCUT2D eigenvalue weighted by molar-refractivity contribution is 6.03. The molecule has 0 bridgehead atoms. The van der Waals surface area contributed by atoms with Crippen LogP contribution in [-0.4, -0.2) is 63.2 Å². The number of carbonyl (C=O) groups excluding carboxylic acids is 2. The van der Waals surface area contributed by atoms with Gasteiger partial charge in [-0.3, -0.25) is 15.0 Å². The summed E-state index contributed by atoms with van der Waals surface area (Å²) in [7, 11) is 0. The average molecular weight is 539 g/mol. The second-order valence-electron chi connectivity index (χ2n) is 7.72. The first-order valence-electron chi connectivity index (χ1n) is 10.5. The molecule has 1 heterocycles. The number of hydrogen-bond acceptors (Lipinski definition) is 7. The molecular formula is C23H20F3N3O9. The van der Waals surface area contributed by atoms with Gasteiger partial charge in [-0.25, -0.2) is 14.4 Å². The van der Waals surface area contributed by atoms with Crippen LogP contribution in [0, 0.1) is 5.41 Å². The number of nitrogens with one attached hydrogen (secondary N) is 2. The van der Waals surface area contributed by atoms with E-state index in [0.717, 1.165) is 0 Å². The second kappa shape index (κ2) is 11.9. The fourth-order valence-electron chi connectivity index (χ4n) is 3.33. The molecule has 0 unspecified atom stereocenters. The van der Waals surface area contributed by atoms with Gasteiger partial charge in [0.1, 0.15) is 17.6 Å². The van der Waals surface area contributed by atoms with Gasteiger partial charge in [0, 0.05) is 11.1 Å². The molecule has 1 amide bonds. The predicted octanol–water partition coefficient (Wildman–Crippen LogP) is 1.58. The lowest BCUT2D eigenvalue weighted by molar-refractivity contribution is -0.192. The first-order chi connectivity index (χ1) is 17.6. The molecule has 0 fully saturated rings. The largest absolute Gasteiger partial charge is 0.490 e. The Bertz CT molecular complexity index is 1310. The molecule has 7 N–H and O–H groups in total. The standard InChI is InChI=1S/C21H19N3O7.C2HF3O2/c22-18(23)11-5-7-16-10(8-11)4-6-12-13(2-1-3-14(12)21(30)31-16)19(27)24-15(20(28)29)9-17(25)26;3-2(4,5)1(6)7/h1-3,5,7-8,15H,4,6,9H2,(H3,22,23)(H,24,27)(H,25,26)(H,28,29);(H,6,7)/t15-;/m0./s1. The highest BCUT2D eigenvalue weighted by Crippen LogP contribution is 2.28. The summed E-state index contributed by atoms with van der Waals surface area (Å²) in [6, 6.07) is 7.50. The Balaban J connectivity index is 0.000000638. The molecule has 0 aliphatic carbocycles. The van der Waals surface area contributed by atoms with E-state index in [1.54, 1.807) is 18.2 Å². The van der Waals surface area contributed by atoms with Crippen molar-refractivity contribution in [1.82, 2.24) is 5.32 Å². The fourth-order valence-corrected chi connectivity index (χ4v) is 3.33. The number of carboxylic acids is 3. The van der Waals surface area contributed by atoms with Crippen molar-refractivity contribution in [2.75, 3.05) is 0 Å². The lowest BCUT2D eigenvalue weighted by Crippen LogP contribution is -2.42. The van der Waals surface area contributed by atoms with Gasteiger partial charge < -0.3 is 31.1 Å². The molecule has 1 atom stereocenters. The van der Waals surface area contributed by atoms with Crippen LogP contribution in [0.5, 0.6) is 5.75 Å². The molecule has 2 aromatic rings. The third-order valence-electron chi connectivity index (χ3n) is 5.08. The van der Waals surface area contributed by atoms with E-state index in [9.17, 15) is 37.5 Å². The smallest absolute Gasteiger partial charge is 0.481 e. The Morgan fingerprint density at radius 1 is 1.08 bits per heavy atom. The van der Waals surface area contributed by atoms with Crippen LogP contribution in [-0.2, 0) is 27.2 Å². The summed E-state index contributed by atoms with van der Waals surface area (Å²) >= 11 is 0. The minimum atomic E-state index is -5.08. The van der Waals surface area contributed by atoms with Gasteiger partial charge in [-0.15, -0.1) is 0 Å². The number of rotatable bonds is 6. The van der Waals surface area contributed by atoms with Crippen molar-refractivity contribution in [3.8, 4) is 5.75 Å². The van der Waals surface area contributed by atoms with Crippen molar-refractivity contribution in [1.29, 1.82) is 5.41 Å². The zero-order valence-corrected chi connectivity index (χ0v) is 19.2. The van der Waals surface area contributed by atoms with Crippen molar-refractivity contribution in [3.05, 3.63) is 64.2 Å². The normalized spacial score (nSPS) is 13.1. The monoisotopic (exact) mass is 539 g/mol. The molecule has 0 aromatic heterocycles. The maximum atomic E-state index is 12.7. The highest BCUT2D eigenvalue weighted by Gasteiger charge is 2.38. The fraction of sp³-hybridized carbons (Fsp3) is 0.217. The molecule has 0 saturated heterocycles. The lowest BCUT2D eigenvalue weighted by Gasteiger charge is -2.20. The Kier molecular flexibility index (Phi) is 9.14. The van der Waals surface area contributed by atoms with E-state index in [0.29, 0.717) is 28.9 Å². The third-order valence-corrected chi connectivity index (χ3v) is 5.08.